The zero-order chi connectivity index (χ0) is 17.9. The molecule has 0 saturated heterocycles. The van der Waals surface area contributed by atoms with E-state index in [2.05, 4.69) is 30.8 Å². The van der Waals surface area contributed by atoms with E-state index in [-0.39, 0.29) is 11.7 Å². The first-order chi connectivity index (χ1) is 12.0. The van der Waals surface area contributed by atoms with Gasteiger partial charge in [0.2, 0.25) is 0 Å². The number of carbonyl (C=O) groups is 1. The maximum Gasteiger partial charge on any atom is 0.267 e. The van der Waals surface area contributed by atoms with Crippen molar-refractivity contribution in [1.29, 1.82) is 0 Å². The first kappa shape index (κ1) is 16.5. The second kappa shape index (κ2) is 6.63. The third kappa shape index (κ3) is 3.44. The Hall–Kier alpha value is -3.36. The van der Waals surface area contributed by atoms with Gasteiger partial charge in [-0.05, 0) is 38.1 Å². The van der Waals surface area contributed by atoms with Gasteiger partial charge in [0.1, 0.15) is 24.0 Å². The fraction of sp³-hybridized carbons (Fsp3) is 0.188. The standard InChI is InChI=1S/C16H16FN7O/c1-16(2,24-10-18-9-21-24)15(25)23-20-8-12-7-19-22-14(12)11-3-5-13(17)6-4-11/h3-10H,1-2H3,(H,19,22)(H,23,25)/b20-8-. The number of carbonyl (C=O) groups excluding carboxylic acids is 1. The summed E-state index contributed by atoms with van der Waals surface area (Å²) in [5.41, 5.74) is 3.63. The van der Waals surface area contributed by atoms with Crippen LogP contribution in [-0.4, -0.2) is 37.1 Å². The Morgan fingerprint density at radius 2 is 2.12 bits per heavy atom. The van der Waals surface area contributed by atoms with E-state index in [4.69, 9.17) is 0 Å². The smallest absolute Gasteiger partial charge is 0.267 e. The molecule has 0 aliphatic carbocycles. The van der Waals surface area contributed by atoms with Crippen molar-refractivity contribution in [3.63, 3.8) is 0 Å². The van der Waals surface area contributed by atoms with E-state index in [1.165, 1.54) is 35.7 Å². The van der Waals surface area contributed by atoms with Gasteiger partial charge in [-0.25, -0.2) is 19.5 Å². The quantitative estimate of drug-likeness (QED) is 0.545. The monoisotopic (exact) mass is 341 g/mol. The molecule has 0 aliphatic rings. The van der Waals surface area contributed by atoms with Crippen molar-refractivity contribution in [1.82, 2.24) is 30.4 Å². The molecule has 0 aliphatic heterocycles. The molecule has 0 radical (unpaired) electrons. The minimum absolute atomic E-state index is 0.318. The number of amides is 1. The summed E-state index contributed by atoms with van der Waals surface area (Å²) in [5, 5.41) is 14.7. The maximum absolute atomic E-state index is 13.0. The molecular weight excluding hydrogens is 325 g/mol. The lowest BCUT2D eigenvalue weighted by Crippen LogP contribution is -2.42. The Balaban J connectivity index is 1.72. The zero-order valence-corrected chi connectivity index (χ0v) is 13.6. The minimum Gasteiger partial charge on any atom is -0.277 e. The van der Waals surface area contributed by atoms with Crippen molar-refractivity contribution in [3.05, 3.63) is 54.5 Å². The van der Waals surface area contributed by atoms with Gasteiger partial charge in [-0.2, -0.15) is 15.3 Å². The van der Waals surface area contributed by atoms with Crippen LogP contribution in [0.4, 0.5) is 4.39 Å². The van der Waals surface area contributed by atoms with Gasteiger partial charge in [0, 0.05) is 11.1 Å². The molecule has 9 heteroatoms. The molecule has 0 unspecified atom stereocenters. The molecule has 128 valence electrons. The highest BCUT2D eigenvalue weighted by molar-refractivity contribution is 5.90. The highest BCUT2D eigenvalue weighted by Gasteiger charge is 2.30. The van der Waals surface area contributed by atoms with E-state index in [1.807, 2.05) is 0 Å². The Morgan fingerprint density at radius 3 is 2.80 bits per heavy atom. The Kier molecular flexibility index (Phi) is 4.38. The average Bonchev–Trinajstić information content (AvgIpc) is 3.27. The number of aromatic amines is 1. The first-order valence-electron chi connectivity index (χ1n) is 7.46. The number of rotatable bonds is 5. The van der Waals surface area contributed by atoms with Gasteiger partial charge in [0.15, 0.2) is 0 Å². The summed E-state index contributed by atoms with van der Waals surface area (Å²) < 4.78 is 14.5. The van der Waals surface area contributed by atoms with Crippen LogP contribution in [0.2, 0.25) is 0 Å². The summed E-state index contributed by atoms with van der Waals surface area (Å²) in [7, 11) is 0. The van der Waals surface area contributed by atoms with Gasteiger partial charge in [0.25, 0.3) is 5.91 Å². The van der Waals surface area contributed by atoms with Crippen molar-refractivity contribution < 1.29 is 9.18 Å². The highest BCUT2D eigenvalue weighted by Crippen LogP contribution is 2.20. The topological polar surface area (TPSA) is 101 Å². The molecule has 1 aromatic carbocycles. The van der Waals surface area contributed by atoms with E-state index < -0.39 is 5.54 Å². The number of hydrogen-bond acceptors (Lipinski definition) is 5. The molecule has 3 aromatic rings. The van der Waals surface area contributed by atoms with Gasteiger partial charge in [0.05, 0.1) is 18.1 Å². The Morgan fingerprint density at radius 1 is 1.36 bits per heavy atom. The summed E-state index contributed by atoms with van der Waals surface area (Å²) in [6.45, 7) is 3.41. The van der Waals surface area contributed by atoms with Gasteiger partial charge < -0.3 is 0 Å². The lowest BCUT2D eigenvalue weighted by Gasteiger charge is -2.21. The molecular formula is C16H16FN7O. The number of halogens is 1. The summed E-state index contributed by atoms with van der Waals surface area (Å²) in [6, 6.07) is 5.98. The van der Waals surface area contributed by atoms with Gasteiger partial charge in [-0.1, -0.05) is 0 Å². The van der Waals surface area contributed by atoms with Crippen molar-refractivity contribution in [2.45, 2.75) is 19.4 Å². The van der Waals surface area contributed by atoms with E-state index in [1.54, 1.807) is 32.2 Å². The summed E-state index contributed by atoms with van der Waals surface area (Å²) in [6.07, 6.45) is 5.86. The average molecular weight is 341 g/mol. The van der Waals surface area contributed by atoms with Crippen molar-refractivity contribution in [2.75, 3.05) is 0 Å². The van der Waals surface area contributed by atoms with Crippen LogP contribution in [-0.2, 0) is 10.3 Å². The maximum atomic E-state index is 13.0. The second-order valence-electron chi connectivity index (χ2n) is 5.81. The number of hydrogen-bond donors (Lipinski definition) is 2. The van der Waals surface area contributed by atoms with Crippen LogP contribution in [0.5, 0.6) is 0 Å². The lowest BCUT2D eigenvalue weighted by atomic mass is 10.1. The summed E-state index contributed by atoms with van der Waals surface area (Å²) >= 11 is 0. The zero-order valence-electron chi connectivity index (χ0n) is 13.6. The fourth-order valence-electron chi connectivity index (χ4n) is 2.14. The van der Waals surface area contributed by atoms with Crippen LogP contribution in [0.25, 0.3) is 11.3 Å². The lowest BCUT2D eigenvalue weighted by molar-refractivity contribution is -0.128. The summed E-state index contributed by atoms with van der Waals surface area (Å²) in [5.74, 6) is -0.665. The van der Waals surface area contributed by atoms with Crippen LogP contribution in [0.3, 0.4) is 0 Å². The Bertz CT molecular complexity index is 882. The van der Waals surface area contributed by atoms with Crippen molar-refractivity contribution >= 4 is 12.1 Å². The van der Waals surface area contributed by atoms with Gasteiger partial charge in [-0.15, -0.1) is 0 Å². The third-order valence-corrected chi connectivity index (χ3v) is 3.72. The number of benzene rings is 1. The first-order valence-corrected chi connectivity index (χ1v) is 7.46. The molecule has 2 heterocycles. The second-order valence-corrected chi connectivity index (χ2v) is 5.81. The third-order valence-electron chi connectivity index (χ3n) is 3.72. The van der Waals surface area contributed by atoms with Crippen LogP contribution >= 0.6 is 0 Å². The normalized spacial score (nSPS) is 11.8. The molecule has 2 N–H and O–H groups in total. The molecule has 8 nitrogen and oxygen atoms in total. The Labute approximate surface area is 142 Å². The van der Waals surface area contributed by atoms with Crippen LogP contribution in [0.15, 0.2) is 48.2 Å². The van der Waals surface area contributed by atoms with Crippen LogP contribution in [0.1, 0.15) is 19.4 Å². The molecule has 2 aromatic heterocycles. The number of aromatic nitrogens is 5. The number of nitrogens with one attached hydrogen (secondary N) is 2. The van der Waals surface area contributed by atoms with Gasteiger partial charge in [-0.3, -0.25) is 9.89 Å². The number of H-pyrrole nitrogens is 1. The molecule has 3 rings (SSSR count). The summed E-state index contributed by atoms with van der Waals surface area (Å²) in [4.78, 5) is 16.1. The molecule has 0 saturated carbocycles. The minimum atomic E-state index is -0.940. The number of nitrogens with zero attached hydrogens (tertiary/aromatic N) is 5. The number of hydrazone groups is 1. The predicted octanol–water partition coefficient (Wildman–Crippen LogP) is 1.69. The molecule has 25 heavy (non-hydrogen) atoms. The predicted molar refractivity (Wildman–Crippen MR) is 89.1 cm³/mol. The molecule has 0 spiro atoms. The fourth-order valence-corrected chi connectivity index (χ4v) is 2.14. The largest absolute Gasteiger partial charge is 0.277 e. The van der Waals surface area contributed by atoms with Crippen LogP contribution < -0.4 is 5.43 Å². The van der Waals surface area contributed by atoms with Gasteiger partial charge >= 0.3 is 0 Å². The van der Waals surface area contributed by atoms with Crippen molar-refractivity contribution in [2.24, 2.45) is 5.10 Å². The highest BCUT2D eigenvalue weighted by atomic mass is 19.1. The van der Waals surface area contributed by atoms with E-state index in [0.717, 1.165) is 5.56 Å². The SMILES string of the molecule is CC(C)(C(=O)N/N=C\c1cn[nH]c1-c1ccc(F)cc1)n1cncn1. The van der Waals surface area contributed by atoms with E-state index in [0.29, 0.717) is 11.3 Å². The molecule has 1 amide bonds. The molecule has 0 atom stereocenters. The molecule has 0 bridgehead atoms. The van der Waals surface area contributed by atoms with Crippen LogP contribution in [0, 0.1) is 5.82 Å². The van der Waals surface area contributed by atoms with E-state index >= 15 is 0 Å². The van der Waals surface area contributed by atoms with Crippen molar-refractivity contribution in [3.8, 4) is 11.3 Å². The molecule has 0 fully saturated rings. The van der Waals surface area contributed by atoms with E-state index in [9.17, 15) is 9.18 Å².